The van der Waals surface area contributed by atoms with Crippen LogP contribution in [-0.4, -0.2) is 32.4 Å². The number of carbonyl (C=O) groups excluding carboxylic acids is 2. The van der Waals surface area contributed by atoms with Crippen molar-refractivity contribution in [2.24, 2.45) is 0 Å². The molecule has 0 amide bonds. The molecule has 5 nitrogen and oxygen atoms in total. The molecule has 2 aromatic carbocycles. The Hall–Kier alpha value is -2.66. The van der Waals surface area contributed by atoms with Gasteiger partial charge in [0.05, 0.1) is 32.0 Å². The van der Waals surface area contributed by atoms with Crippen LogP contribution in [0.2, 0.25) is 0 Å². The van der Waals surface area contributed by atoms with Crippen LogP contribution >= 0.6 is 0 Å². The Labute approximate surface area is 140 Å². The van der Waals surface area contributed by atoms with E-state index in [2.05, 4.69) is 0 Å². The molecule has 1 aliphatic carbocycles. The predicted molar refractivity (Wildman–Crippen MR) is 88.2 cm³/mol. The summed E-state index contributed by atoms with van der Waals surface area (Å²) >= 11 is 0. The van der Waals surface area contributed by atoms with Gasteiger partial charge in [0.15, 0.2) is 11.6 Å². The van der Waals surface area contributed by atoms with Crippen LogP contribution < -0.4 is 9.47 Å². The SMILES string of the molecule is CCOCc1c(OC)cc2c(c1OC)C(=O)c1ccccc1C2=O. The molecule has 0 N–H and O–H groups in total. The fourth-order valence-electron chi connectivity index (χ4n) is 2.99. The van der Waals surface area contributed by atoms with Gasteiger partial charge < -0.3 is 14.2 Å². The third kappa shape index (κ3) is 2.37. The number of fused-ring (bicyclic) bond motifs is 2. The van der Waals surface area contributed by atoms with Crippen molar-refractivity contribution in [2.45, 2.75) is 13.5 Å². The zero-order valence-electron chi connectivity index (χ0n) is 13.8. The maximum atomic E-state index is 12.9. The number of ketones is 2. The summed E-state index contributed by atoms with van der Waals surface area (Å²) in [5, 5.41) is 0. The Morgan fingerprint density at radius 2 is 1.58 bits per heavy atom. The molecule has 0 bridgehead atoms. The number of hydrogen-bond donors (Lipinski definition) is 0. The highest BCUT2D eigenvalue weighted by Gasteiger charge is 2.34. The van der Waals surface area contributed by atoms with Crippen LogP contribution in [-0.2, 0) is 11.3 Å². The Morgan fingerprint density at radius 1 is 0.917 bits per heavy atom. The van der Waals surface area contributed by atoms with E-state index < -0.39 is 0 Å². The zero-order chi connectivity index (χ0) is 17.3. The molecule has 0 unspecified atom stereocenters. The first kappa shape index (κ1) is 16.2. The molecule has 24 heavy (non-hydrogen) atoms. The van der Waals surface area contributed by atoms with E-state index >= 15 is 0 Å². The van der Waals surface area contributed by atoms with E-state index in [1.165, 1.54) is 14.2 Å². The number of hydrogen-bond acceptors (Lipinski definition) is 5. The van der Waals surface area contributed by atoms with Crippen LogP contribution in [0.25, 0.3) is 0 Å². The van der Waals surface area contributed by atoms with Crippen LogP contribution in [0, 0.1) is 0 Å². The normalized spacial score (nSPS) is 12.6. The minimum absolute atomic E-state index is 0.209. The van der Waals surface area contributed by atoms with Gasteiger partial charge in [0, 0.05) is 23.3 Å². The summed E-state index contributed by atoms with van der Waals surface area (Å²) in [4.78, 5) is 25.8. The van der Waals surface area contributed by atoms with Crippen molar-refractivity contribution in [3.05, 3.63) is 58.1 Å². The van der Waals surface area contributed by atoms with E-state index in [0.717, 1.165) is 0 Å². The minimum Gasteiger partial charge on any atom is -0.496 e. The van der Waals surface area contributed by atoms with Crippen molar-refractivity contribution >= 4 is 11.6 Å². The van der Waals surface area contributed by atoms with Crippen LogP contribution in [0.1, 0.15) is 44.3 Å². The molecule has 5 heteroatoms. The highest BCUT2D eigenvalue weighted by atomic mass is 16.5. The first-order valence-corrected chi connectivity index (χ1v) is 7.68. The summed E-state index contributed by atoms with van der Waals surface area (Å²) in [5.41, 5.74) is 1.99. The number of methoxy groups -OCH3 is 2. The molecule has 0 saturated carbocycles. The average molecular weight is 326 g/mol. The molecule has 0 fully saturated rings. The van der Waals surface area contributed by atoms with Crippen molar-refractivity contribution < 1.29 is 23.8 Å². The van der Waals surface area contributed by atoms with E-state index in [4.69, 9.17) is 14.2 Å². The molecule has 1 aliphatic rings. The van der Waals surface area contributed by atoms with Crippen molar-refractivity contribution in [1.29, 1.82) is 0 Å². The van der Waals surface area contributed by atoms with Gasteiger partial charge in [0.1, 0.15) is 11.5 Å². The number of rotatable bonds is 5. The molecule has 0 radical (unpaired) electrons. The van der Waals surface area contributed by atoms with Gasteiger partial charge in [0.2, 0.25) is 0 Å². The van der Waals surface area contributed by atoms with Gasteiger partial charge in [0.25, 0.3) is 0 Å². The van der Waals surface area contributed by atoms with E-state index in [0.29, 0.717) is 40.4 Å². The molecular formula is C19H18O5. The van der Waals surface area contributed by atoms with Gasteiger partial charge in [-0.3, -0.25) is 9.59 Å². The summed E-state index contributed by atoms with van der Waals surface area (Å²) in [7, 11) is 2.99. The van der Waals surface area contributed by atoms with Gasteiger partial charge in [-0.05, 0) is 13.0 Å². The van der Waals surface area contributed by atoms with Crippen LogP contribution in [0.15, 0.2) is 30.3 Å². The van der Waals surface area contributed by atoms with E-state index in [1.807, 2.05) is 6.92 Å². The number of carbonyl (C=O) groups is 2. The Morgan fingerprint density at radius 3 is 2.17 bits per heavy atom. The van der Waals surface area contributed by atoms with Crippen LogP contribution in [0.3, 0.4) is 0 Å². The fourth-order valence-corrected chi connectivity index (χ4v) is 2.99. The van der Waals surface area contributed by atoms with Gasteiger partial charge in [-0.1, -0.05) is 24.3 Å². The first-order chi connectivity index (χ1) is 11.6. The second-order valence-electron chi connectivity index (χ2n) is 5.35. The maximum absolute atomic E-state index is 12.9. The standard InChI is InChI=1S/C19H18O5/c1-4-24-10-14-15(22-2)9-13-16(19(14)23-3)18(21)12-8-6-5-7-11(12)17(13)20/h5-9H,4,10H2,1-3H3. The molecule has 0 spiro atoms. The first-order valence-electron chi connectivity index (χ1n) is 7.68. The van der Waals surface area contributed by atoms with E-state index in [-0.39, 0.29) is 23.7 Å². The smallest absolute Gasteiger partial charge is 0.198 e. The predicted octanol–water partition coefficient (Wildman–Crippen LogP) is 3.02. The second-order valence-corrected chi connectivity index (χ2v) is 5.35. The Kier molecular flexibility index (Phi) is 4.36. The molecule has 0 heterocycles. The Balaban J connectivity index is 2.28. The lowest BCUT2D eigenvalue weighted by Gasteiger charge is -2.23. The highest BCUT2D eigenvalue weighted by molar-refractivity contribution is 6.29. The number of benzene rings is 2. The van der Waals surface area contributed by atoms with Crippen molar-refractivity contribution in [2.75, 3.05) is 20.8 Å². The molecule has 0 atom stereocenters. The largest absolute Gasteiger partial charge is 0.496 e. The van der Waals surface area contributed by atoms with Crippen molar-refractivity contribution in [3.63, 3.8) is 0 Å². The van der Waals surface area contributed by atoms with Crippen LogP contribution in [0.4, 0.5) is 0 Å². The molecule has 0 aliphatic heterocycles. The van der Waals surface area contributed by atoms with Gasteiger partial charge in [-0.2, -0.15) is 0 Å². The topological polar surface area (TPSA) is 61.8 Å². The lowest BCUT2D eigenvalue weighted by atomic mass is 9.82. The third-order valence-electron chi connectivity index (χ3n) is 4.11. The minimum atomic E-state index is -0.225. The van der Waals surface area contributed by atoms with Crippen molar-refractivity contribution in [3.8, 4) is 11.5 Å². The Bertz CT molecular complexity index is 823. The fraction of sp³-hybridized carbons (Fsp3) is 0.263. The molecule has 0 saturated heterocycles. The molecule has 3 rings (SSSR count). The van der Waals surface area contributed by atoms with Gasteiger partial charge >= 0.3 is 0 Å². The summed E-state index contributed by atoms with van der Waals surface area (Å²) in [5.74, 6) is 0.377. The molecule has 0 aromatic heterocycles. The molecular weight excluding hydrogens is 308 g/mol. The third-order valence-corrected chi connectivity index (χ3v) is 4.11. The second kappa shape index (κ2) is 6.45. The lowest BCUT2D eigenvalue weighted by molar-refractivity contribution is 0.0974. The number of ether oxygens (including phenoxy) is 3. The van der Waals surface area contributed by atoms with E-state index in [9.17, 15) is 9.59 Å². The zero-order valence-corrected chi connectivity index (χ0v) is 13.8. The average Bonchev–Trinajstić information content (AvgIpc) is 2.63. The maximum Gasteiger partial charge on any atom is 0.198 e. The molecule has 124 valence electrons. The lowest BCUT2D eigenvalue weighted by Crippen LogP contribution is -2.22. The molecule has 2 aromatic rings. The van der Waals surface area contributed by atoms with Gasteiger partial charge in [-0.15, -0.1) is 0 Å². The summed E-state index contributed by atoms with van der Waals surface area (Å²) < 4.78 is 16.4. The quantitative estimate of drug-likeness (QED) is 0.721. The van der Waals surface area contributed by atoms with Gasteiger partial charge in [-0.25, -0.2) is 0 Å². The van der Waals surface area contributed by atoms with Crippen LogP contribution in [0.5, 0.6) is 11.5 Å². The van der Waals surface area contributed by atoms with Crippen molar-refractivity contribution in [1.82, 2.24) is 0 Å². The highest BCUT2D eigenvalue weighted by Crippen LogP contribution is 2.40. The summed E-state index contributed by atoms with van der Waals surface area (Å²) in [6.45, 7) is 2.63. The van der Waals surface area contributed by atoms with E-state index in [1.54, 1.807) is 30.3 Å². The summed E-state index contributed by atoms with van der Waals surface area (Å²) in [6, 6.07) is 8.40. The monoisotopic (exact) mass is 326 g/mol. The summed E-state index contributed by atoms with van der Waals surface area (Å²) in [6.07, 6.45) is 0.